The number of hydrogen-bond acceptors (Lipinski definition) is 7. The average Bonchev–Trinajstić information content (AvgIpc) is 3.06. The predicted molar refractivity (Wildman–Crippen MR) is 87.6 cm³/mol. The maximum atomic E-state index is 11.9. The van der Waals surface area contributed by atoms with Crippen LogP contribution in [0.15, 0.2) is 39.8 Å². The molecule has 1 aliphatic heterocycles. The lowest BCUT2D eigenvalue weighted by molar-refractivity contribution is 0.190. The highest BCUT2D eigenvalue weighted by atomic mass is 16.5. The molecule has 0 radical (unpaired) electrons. The number of likely N-dealkylation sites (N-methyl/N-ethyl adjacent to an activating group) is 1. The molecule has 24 heavy (non-hydrogen) atoms. The lowest BCUT2D eigenvalue weighted by Gasteiger charge is -2.30. The van der Waals surface area contributed by atoms with E-state index in [9.17, 15) is 4.79 Å². The molecule has 1 aliphatic rings. The van der Waals surface area contributed by atoms with Crippen LogP contribution in [0.2, 0.25) is 0 Å². The van der Waals surface area contributed by atoms with Crippen molar-refractivity contribution in [1.29, 1.82) is 0 Å². The molecular formula is C16H18N6O2. The van der Waals surface area contributed by atoms with Gasteiger partial charge in [-0.2, -0.15) is 10.1 Å². The molecule has 8 heteroatoms. The standard InChI is InChI=1S/C16H18N6O2/c1-21-7-6-17-8-13(21)16-19-15(24-20-16)10-22-12-5-3-2-4-11(12)14(23)9-18-22/h2-5,9,13,17H,6-8,10H2,1H3. The van der Waals surface area contributed by atoms with Crippen LogP contribution in [0.4, 0.5) is 0 Å². The van der Waals surface area contributed by atoms with Crippen molar-refractivity contribution in [2.24, 2.45) is 0 Å². The van der Waals surface area contributed by atoms with Gasteiger partial charge in [-0.25, -0.2) is 0 Å². The lowest BCUT2D eigenvalue weighted by atomic mass is 10.2. The molecule has 2 aromatic heterocycles. The van der Waals surface area contributed by atoms with E-state index in [4.69, 9.17) is 4.52 Å². The minimum absolute atomic E-state index is 0.0945. The van der Waals surface area contributed by atoms with Crippen LogP contribution in [-0.2, 0) is 6.54 Å². The number of nitrogens with zero attached hydrogens (tertiary/aromatic N) is 5. The monoisotopic (exact) mass is 326 g/mol. The molecular weight excluding hydrogens is 308 g/mol. The fourth-order valence-electron chi connectivity index (χ4n) is 2.98. The van der Waals surface area contributed by atoms with Crippen molar-refractivity contribution in [1.82, 2.24) is 30.1 Å². The second-order valence-corrected chi connectivity index (χ2v) is 5.93. The van der Waals surface area contributed by atoms with Crippen molar-refractivity contribution in [2.75, 3.05) is 26.7 Å². The van der Waals surface area contributed by atoms with Gasteiger partial charge in [0.2, 0.25) is 11.3 Å². The van der Waals surface area contributed by atoms with Crippen LogP contribution in [-0.4, -0.2) is 51.5 Å². The van der Waals surface area contributed by atoms with Crippen LogP contribution < -0.4 is 10.7 Å². The Kier molecular flexibility index (Phi) is 3.83. The SMILES string of the molecule is CN1CCNCC1c1noc(Cn2ncc(=O)c3ccccc32)n1. The molecule has 1 unspecified atom stereocenters. The summed E-state index contributed by atoms with van der Waals surface area (Å²) in [6, 6.07) is 7.47. The highest BCUT2D eigenvalue weighted by molar-refractivity contribution is 5.77. The molecule has 3 aromatic rings. The zero-order valence-electron chi connectivity index (χ0n) is 13.3. The summed E-state index contributed by atoms with van der Waals surface area (Å²) < 4.78 is 7.10. The van der Waals surface area contributed by atoms with Gasteiger partial charge >= 0.3 is 0 Å². The summed E-state index contributed by atoms with van der Waals surface area (Å²) in [5.41, 5.74) is 0.657. The highest BCUT2D eigenvalue weighted by Crippen LogP contribution is 2.18. The first kappa shape index (κ1) is 15.0. The zero-order chi connectivity index (χ0) is 16.5. The number of rotatable bonds is 3. The number of aromatic nitrogens is 4. The molecule has 0 saturated carbocycles. The van der Waals surface area contributed by atoms with E-state index < -0.39 is 0 Å². The van der Waals surface area contributed by atoms with E-state index in [1.165, 1.54) is 6.20 Å². The fourth-order valence-corrected chi connectivity index (χ4v) is 2.98. The largest absolute Gasteiger partial charge is 0.337 e. The third-order valence-electron chi connectivity index (χ3n) is 4.34. The Balaban J connectivity index is 1.63. The summed E-state index contributed by atoms with van der Waals surface area (Å²) in [5, 5.41) is 12.3. The normalized spacial score (nSPS) is 19.0. The van der Waals surface area contributed by atoms with Crippen molar-refractivity contribution in [3.8, 4) is 0 Å². The van der Waals surface area contributed by atoms with Crippen molar-refractivity contribution in [2.45, 2.75) is 12.6 Å². The fraction of sp³-hybridized carbons (Fsp3) is 0.375. The Morgan fingerprint density at radius 3 is 3.12 bits per heavy atom. The van der Waals surface area contributed by atoms with Gasteiger partial charge in [-0.15, -0.1) is 0 Å². The lowest BCUT2D eigenvalue weighted by Crippen LogP contribution is -2.44. The van der Waals surface area contributed by atoms with Crippen LogP contribution in [0, 0.1) is 0 Å². The smallest absolute Gasteiger partial charge is 0.248 e. The van der Waals surface area contributed by atoms with Crippen LogP contribution in [0.1, 0.15) is 17.8 Å². The Labute approximate surface area is 138 Å². The summed E-state index contributed by atoms with van der Waals surface area (Å²) in [6.45, 7) is 3.04. The minimum atomic E-state index is -0.0945. The van der Waals surface area contributed by atoms with Gasteiger partial charge in [0.25, 0.3) is 0 Å². The van der Waals surface area contributed by atoms with E-state index in [0.717, 1.165) is 25.2 Å². The van der Waals surface area contributed by atoms with Gasteiger partial charge in [0.1, 0.15) is 6.54 Å². The number of fused-ring (bicyclic) bond motifs is 1. The predicted octanol–water partition coefficient (Wildman–Crippen LogP) is 0.404. The number of piperazine rings is 1. The van der Waals surface area contributed by atoms with Crippen LogP contribution in [0.25, 0.3) is 10.9 Å². The van der Waals surface area contributed by atoms with E-state index in [1.807, 2.05) is 18.2 Å². The first-order valence-corrected chi connectivity index (χ1v) is 7.90. The summed E-state index contributed by atoms with van der Waals surface area (Å²) in [5.74, 6) is 1.15. The minimum Gasteiger partial charge on any atom is -0.337 e. The van der Waals surface area contributed by atoms with Crippen molar-refractivity contribution in [3.63, 3.8) is 0 Å². The summed E-state index contributed by atoms with van der Waals surface area (Å²) in [7, 11) is 2.05. The summed E-state index contributed by atoms with van der Waals surface area (Å²) >= 11 is 0. The second-order valence-electron chi connectivity index (χ2n) is 5.93. The first-order valence-electron chi connectivity index (χ1n) is 7.90. The number of benzene rings is 1. The third kappa shape index (κ3) is 2.70. The van der Waals surface area contributed by atoms with Crippen LogP contribution >= 0.6 is 0 Å². The Hall–Kier alpha value is -2.58. The molecule has 0 aliphatic carbocycles. The zero-order valence-corrected chi connectivity index (χ0v) is 13.3. The Bertz CT molecular complexity index is 918. The average molecular weight is 326 g/mol. The van der Waals surface area contributed by atoms with E-state index >= 15 is 0 Å². The summed E-state index contributed by atoms with van der Waals surface area (Å²) in [6.07, 6.45) is 1.32. The Morgan fingerprint density at radius 2 is 2.25 bits per heavy atom. The first-order chi connectivity index (χ1) is 11.7. The van der Waals surface area contributed by atoms with Gasteiger partial charge in [0.05, 0.1) is 17.8 Å². The molecule has 0 bridgehead atoms. The van der Waals surface area contributed by atoms with Gasteiger partial charge in [0, 0.05) is 25.0 Å². The van der Waals surface area contributed by atoms with Gasteiger partial charge < -0.3 is 9.84 Å². The molecule has 0 amide bonds. The van der Waals surface area contributed by atoms with Crippen molar-refractivity contribution < 1.29 is 4.52 Å². The van der Waals surface area contributed by atoms with Gasteiger partial charge in [-0.05, 0) is 19.2 Å². The van der Waals surface area contributed by atoms with E-state index in [2.05, 4.69) is 32.5 Å². The summed E-state index contributed by atoms with van der Waals surface area (Å²) in [4.78, 5) is 18.6. The molecule has 4 rings (SSSR count). The molecule has 124 valence electrons. The van der Waals surface area contributed by atoms with Gasteiger partial charge in [0.15, 0.2) is 5.82 Å². The quantitative estimate of drug-likeness (QED) is 0.745. The number of hydrogen-bond donors (Lipinski definition) is 1. The maximum Gasteiger partial charge on any atom is 0.248 e. The van der Waals surface area contributed by atoms with Gasteiger partial charge in [-0.1, -0.05) is 17.3 Å². The van der Waals surface area contributed by atoms with E-state index in [1.54, 1.807) is 10.7 Å². The van der Waals surface area contributed by atoms with E-state index in [-0.39, 0.29) is 11.5 Å². The molecule has 1 fully saturated rings. The molecule has 3 heterocycles. The molecule has 1 aromatic carbocycles. The number of nitrogens with one attached hydrogen (secondary N) is 1. The van der Waals surface area contributed by atoms with Crippen LogP contribution in [0.5, 0.6) is 0 Å². The van der Waals surface area contributed by atoms with Crippen molar-refractivity contribution in [3.05, 3.63) is 52.4 Å². The van der Waals surface area contributed by atoms with Gasteiger partial charge in [-0.3, -0.25) is 14.4 Å². The molecule has 1 N–H and O–H groups in total. The molecule has 1 atom stereocenters. The van der Waals surface area contributed by atoms with Crippen LogP contribution in [0.3, 0.4) is 0 Å². The maximum absolute atomic E-state index is 11.9. The molecule has 8 nitrogen and oxygen atoms in total. The molecule has 0 spiro atoms. The Morgan fingerprint density at radius 1 is 1.38 bits per heavy atom. The topological polar surface area (TPSA) is 89.1 Å². The third-order valence-corrected chi connectivity index (χ3v) is 4.34. The molecule has 1 saturated heterocycles. The highest BCUT2D eigenvalue weighted by Gasteiger charge is 2.25. The second kappa shape index (κ2) is 6.14. The number of para-hydroxylation sites is 1. The van der Waals surface area contributed by atoms with E-state index in [0.29, 0.717) is 23.6 Å². The van der Waals surface area contributed by atoms with Crippen molar-refractivity contribution >= 4 is 10.9 Å².